The standard InChI is InChI=1S/C7H14FNO2/c1-2-11-7(10)6(5-8)3-4-9/h6H,2-5,9H2,1H3. The van der Waals surface area contributed by atoms with Gasteiger partial charge in [0.05, 0.1) is 12.5 Å². The van der Waals surface area contributed by atoms with Crippen molar-refractivity contribution in [2.75, 3.05) is 19.8 Å². The third-order valence-corrected chi connectivity index (χ3v) is 1.32. The number of nitrogens with two attached hydrogens (primary N) is 1. The molecule has 0 aromatic heterocycles. The topological polar surface area (TPSA) is 52.3 Å². The number of halogens is 1. The van der Waals surface area contributed by atoms with Gasteiger partial charge < -0.3 is 10.5 Å². The molecule has 0 fully saturated rings. The van der Waals surface area contributed by atoms with Crippen LogP contribution in [-0.4, -0.2) is 25.8 Å². The average Bonchev–Trinajstić information content (AvgIpc) is 2.00. The fraction of sp³-hybridized carbons (Fsp3) is 0.857. The van der Waals surface area contributed by atoms with Gasteiger partial charge in [-0.25, -0.2) is 0 Å². The molecule has 2 N–H and O–H groups in total. The highest BCUT2D eigenvalue weighted by atomic mass is 19.1. The summed E-state index contributed by atoms with van der Waals surface area (Å²) in [5, 5.41) is 0. The molecule has 0 aliphatic heterocycles. The molecule has 0 heterocycles. The Bertz CT molecular complexity index is 119. The number of esters is 1. The Hall–Kier alpha value is -0.640. The van der Waals surface area contributed by atoms with E-state index >= 15 is 0 Å². The van der Waals surface area contributed by atoms with Crippen LogP contribution < -0.4 is 5.73 Å². The summed E-state index contributed by atoms with van der Waals surface area (Å²) in [4.78, 5) is 10.8. The maximum atomic E-state index is 12.1. The molecule has 0 amide bonds. The van der Waals surface area contributed by atoms with Crippen molar-refractivity contribution < 1.29 is 13.9 Å². The molecular weight excluding hydrogens is 149 g/mol. The van der Waals surface area contributed by atoms with E-state index in [0.717, 1.165) is 0 Å². The van der Waals surface area contributed by atoms with Gasteiger partial charge in [0.15, 0.2) is 0 Å². The molecule has 66 valence electrons. The maximum absolute atomic E-state index is 12.1. The van der Waals surface area contributed by atoms with Crippen LogP contribution in [0.4, 0.5) is 4.39 Å². The van der Waals surface area contributed by atoms with E-state index in [0.29, 0.717) is 19.6 Å². The highest BCUT2D eigenvalue weighted by Crippen LogP contribution is 2.05. The number of alkyl halides is 1. The van der Waals surface area contributed by atoms with Gasteiger partial charge in [-0.1, -0.05) is 0 Å². The first kappa shape index (κ1) is 10.4. The predicted octanol–water partition coefficient (Wildman–Crippen LogP) is 0.484. The molecule has 0 aromatic carbocycles. The first-order valence-corrected chi connectivity index (χ1v) is 3.68. The average molecular weight is 163 g/mol. The Balaban J connectivity index is 3.71. The molecule has 11 heavy (non-hydrogen) atoms. The summed E-state index contributed by atoms with van der Waals surface area (Å²) in [6.45, 7) is 1.61. The van der Waals surface area contributed by atoms with E-state index < -0.39 is 18.6 Å². The minimum absolute atomic E-state index is 0.292. The van der Waals surface area contributed by atoms with Gasteiger partial charge in [0.2, 0.25) is 0 Å². The number of carbonyl (C=O) groups is 1. The molecule has 0 saturated heterocycles. The molecule has 0 spiro atoms. The van der Waals surface area contributed by atoms with E-state index in [1.807, 2.05) is 0 Å². The van der Waals surface area contributed by atoms with Crippen LogP contribution in [0.15, 0.2) is 0 Å². The molecule has 1 atom stereocenters. The van der Waals surface area contributed by atoms with Gasteiger partial charge in [0.1, 0.15) is 6.67 Å². The number of hydrogen-bond acceptors (Lipinski definition) is 3. The minimum atomic E-state index is -0.684. The Kier molecular flexibility index (Phi) is 5.74. The molecule has 4 heteroatoms. The second-order valence-corrected chi connectivity index (χ2v) is 2.18. The van der Waals surface area contributed by atoms with Gasteiger partial charge in [-0.3, -0.25) is 9.18 Å². The lowest BCUT2D eigenvalue weighted by Gasteiger charge is -2.09. The quantitative estimate of drug-likeness (QED) is 0.600. The Labute approximate surface area is 65.7 Å². The predicted molar refractivity (Wildman–Crippen MR) is 39.8 cm³/mol. The van der Waals surface area contributed by atoms with Gasteiger partial charge in [-0.2, -0.15) is 0 Å². The van der Waals surface area contributed by atoms with Crippen LogP contribution in [-0.2, 0) is 9.53 Å². The summed E-state index contributed by atoms with van der Waals surface area (Å²) in [6, 6.07) is 0. The number of rotatable bonds is 5. The van der Waals surface area contributed by atoms with Crippen LogP contribution in [0.1, 0.15) is 13.3 Å². The second kappa shape index (κ2) is 6.09. The molecule has 1 unspecified atom stereocenters. The normalized spacial score (nSPS) is 12.6. The zero-order valence-corrected chi connectivity index (χ0v) is 6.68. The van der Waals surface area contributed by atoms with Crippen LogP contribution in [0.3, 0.4) is 0 Å². The highest BCUT2D eigenvalue weighted by molar-refractivity contribution is 5.72. The van der Waals surface area contributed by atoms with Crippen LogP contribution in [0.5, 0.6) is 0 Å². The van der Waals surface area contributed by atoms with Crippen LogP contribution >= 0.6 is 0 Å². The third-order valence-electron chi connectivity index (χ3n) is 1.32. The van der Waals surface area contributed by atoms with Crippen LogP contribution in [0.25, 0.3) is 0 Å². The van der Waals surface area contributed by atoms with E-state index in [1.54, 1.807) is 6.92 Å². The Morgan fingerprint density at radius 1 is 1.73 bits per heavy atom. The van der Waals surface area contributed by atoms with E-state index in [1.165, 1.54) is 0 Å². The molecule has 0 aliphatic rings. The Morgan fingerprint density at radius 2 is 2.36 bits per heavy atom. The summed E-state index contributed by atoms with van der Waals surface area (Å²) < 4.78 is 16.7. The summed E-state index contributed by atoms with van der Waals surface area (Å²) in [6.07, 6.45) is 0.356. The van der Waals surface area contributed by atoms with Crippen molar-refractivity contribution in [1.29, 1.82) is 0 Å². The SMILES string of the molecule is CCOC(=O)C(CF)CCN. The zero-order chi connectivity index (χ0) is 8.69. The fourth-order valence-electron chi connectivity index (χ4n) is 0.719. The minimum Gasteiger partial charge on any atom is -0.466 e. The summed E-state index contributed by atoms with van der Waals surface area (Å²) in [5.41, 5.74) is 5.16. The van der Waals surface area contributed by atoms with Crippen LogP contribution in [0, 0.1) is 5.92 Å². The van der Waals surface area contributed by atoms with Gasteiger partial charge in [-0.05, 0) is 19.9 Å². The molecule has 0 aliphatic carbocycles. The van der Waals surface area contributed by atoms with E-state index in [4.69, 9.17) is 5.73 Å². The van der Waals surface area contributed by atoms with Crippen molar-refractivity contribution in [2.45, 2.75) is 13.3 Å². The summed E-state index contributed by atoms with van der Waals surface area (Å²) in [7, 11) is 0. The van der Waals surface area contributed by atoms with Crippen molar-refractivity contribution in [2.24, 2.45) is 11.7 Å². The highest BCUT2D eigenvalue weighted by Gasteiger charge is 2.17. The van der Waals surface area contributed by atoms with Crippen molar-refractivity contribution in [3.05, 3.63) is 0 Å². The smallest absolute Gasteiger partial charge is 0.311 e. The number of hydrogen-bond donors (Lipinski definition) is 1. The lowest BCUT2D eigenvalue weighted by atomic mass is 10.1. The van der Waals surface area contributed by atoms with Gasteiger partial charge in [0.25, 0.3) is 0 Å². The monoisotopic (exact) mass is 163 g/mol. The van der Waals surface area contributed by atoms with E-state index in [-0.39, 0.29) is 0 Å². The van der Waals surface area contributed by atoms with E-state index in [2.05, 4.69) is 4.74 Å². The Morgan fingerprint density at radius 3 is 2.73 bits per heavy atom. The summed E-state index contributed by atoms with van der Waals surface area (Å²) >= 11 is 0. The first-order valence-electron chi connectivity index (χ1n) is 3.68. The van der Waals surface area contributed by atoms with Gasteiger partial charge in [-0.15, -0.1) is 0 Å². The lowest BCUT2D eigenvalue weighted by Crippen LogP contribution is -2.22. The maximum Gasteiger partial charge on any atom is 0.311 e. The van der Waals surface area contributed by atoms with Crippen molar-refractivity contribution in [3.8, 4) is 0 Å². The molecule has 0 bridgehead atoms. The number of carbonyl (C=O) groups excluding carboxylic acids is 1. The fourth-order valence-corrected chi connectivity index (χ4v) is 0.719. The summed E-state index contributed by atoms with van der Waals surface area (Å²) in [5.74, 6) is -1.15. The van der Waals surface area contributed by atoms with Gasteiger partial charge in [0, 0.05) is 0 Å². The molecule has 0 radical (unpaired) electrons. The third kappa shape index (κ3) is 3.93. The lowest BCUT2D eigenvalue weighted by molar-refractivity contribution is -0.148. The molecular formula is C7H14FNO2. The second-order valence-electron chi connectivity index (χ2n) is 2.18. The van der Waals surface area contributed by atoms with Crippen molar-refractivity contribution in [3.63, 3.8) is 0 Å². The van der Waals surface area contributed by atoms with E-state index in [9.17, 15) is 9.18 Å². The first-order chi connectivity index (χ1) is 5.26. The van der Waals surface area contributed by atoms with Crippen molar-refractivity contribution in [1.82, 2.24) is 0 Å². The molecule has 0 aromatic rings. The van der Waals surface area contributed by atoms with Crippen molar-refractivity contribution >= 4 is 5.97 Å². The number of ether oxygens (including phenoxy) is 1. The largest absolute Gasteiger partial charge is 0.466 e. The zero-order valence-electron chi connectivity index (χ0n) is 6.68. The molecule has 0 rings (SSSR count). The van der Waals surface area contributed by atoms with Crippen LogP contribution in [0.2, 0.25) is 0 Å². The van der Waals surface area contributed by atoms with Gasteiger partial charge >= 0.3 is 5.97 Å². The molecule has 0 saturated carbocycles. The molecule has 3 nitrogen and oxygen atoms in total.